The van der Waals surface area contributed by atoms with E-state index in [4.69, 9.17) is 27.9 Å². The molecular weight excluding hydrogens is 473 g/mol. The summed E-state index contributed by atoms with van der Waals surface area (Å²) in [5, 5.41) is 4.33. The van der Waals surface area contributed by atoms with Gasteiger partial charge in [0.05, 0.1) is 28.9 Å². The van der Waals surface area contributed by atoms with Crippen LogP contribution in [0.25, 0.3) is 0 Å². The van der Waals surface area contributed by atoms with Crippen LogP contribution in [0.3, 0.4) is 0 Å². The minimum atomic E-state index is -4.10. The fourth-order valence-corrected chi connectivity index (χ4v) is 4.84. The van der Waals surface area contributed by atoms with Gasteiger partial charge in [0.1, 0.15) is 12.3 Å². The molecule has 0 aliphatic rings. The van der Waals surface area contributed by atoms with E-state index < -0.39 is 22.5 Å². The molecule has 0 fully saturated rings. The molecule has 1 amide bonds. The van der Waals surface area contributed by atoms with Gasteiger partial charge in [-0.15, -0.1) is 0 Å². The monoisotopic (exact) mass is 491 g/mol. The normalized spacial score (nSPS) is 11.3. The summed E-state index contributed by atoms with van der Waals surface area (Å²) in [7, 11) is -2.58. The summed E-state index contributed by atoms with van der Waals surface area (Å²) >= 11 is 12.2. The fourth-order valence-electron chi connectivity index (χ4n) is 2.82. The van der Waals surface area contributed by atoms with Crippen molar-refractivity contribution in [1.82, 2.24) is 5.43 Å². The molecule has 0 aromatic heterocycles. The third kappa shape index (κ3) is 5.59. The van der Waals surface area contributed by atoms with Crippen LogP contribution in [0.2, 0.25) is 10.0 Å². The van der Waals surface area contributed by atoms with Crippen LogP contribution in [0.1, 0.15) is 5.56 Å². The van der Waals surface area contributed by atoms with Gasteiger partial charge in [-0.25, -0.2) is 13.8 Å². The molecule has 3 rings (SSSR count). The van der Waals surface area contributed by atoms with E-state index >= 15 is 0 Å². The number of hydrogen-bond acceptors (Lipinski definition) is 5. The summed E-state index contributed by atoms with van der Waals surface area (Å²) in [4.78, 5) is 12.6. The van der Waals surface area contributed by atoms with E-state index in [1.807, 2.05) is 0 Å². The molecule has 0 heterocycles. The van der Waals surface area contributed by atoms with E-state index in [0.717, 1.165) is 4.31 Å². The van der Waals surface area contributed by atoms with Gasteiger partial charge in [0.2, 0.25) is 0 Å². The lowest BCUT2D eigenvalue weighted by molar-refractivity contribution is -0.119. The third-order valence-electron chi connectivity index (χ3n) is 4.33. The van der Waals surface area contributed by atoms with E-state index in [2.05, 4.69) is 10.5 Å². The molecule has 0 spiro atoms. The van der Waals surface area contributed by atoms with Gasteiger partial charge < -0.3 is 4.74 Å². The maximum atomic E-state index is 13.3. The minimum Gasteiger partial charge on any atom is -0.496 e. The number of anilines is 1. The van der Waals surface area contributed by atoms with Gasteiger partial charge in [0.15, 0.2) is 0 Å². The van der Waals surface area contributed by atoms with Crippen LogP contribution >= 0.6 is 23.2 Å². The quantitative estimate of drug-likeness (QED) is 0.374. The predicted octanol–water partition coefficient (Wildman–Crippen LogP) is 4.35. The molecule has 0 bridgehead atoms. The van der Waals surface area contributed by atoms with Crippen LogP contribution in [0.4, 0.5) is 5.69 Å². The standard InChI is InChI=1S/C22H19Cl2N3O4S/c1-31-21-10-6-5-7-16(21)14-25-26-22(28)15-27(20-12-11-17(23)13-19(20)24)32(29,30)18-8-3-2-4-9-18/h2-14H,15H2,1H3,(H,26,28)/b25-14-. The largest absolute Gasteiger partial charge is 0.496 e. The summed E-state index contributed by atoms with van der Waals surface area (Å²) in [6.45, 7) is -0.554. The zero-order chi connectivity index (χ0) is 23.1. The van der Waals surface area contributed by atoms with Crippen molar-refractivity contribution in [3.8, 4) is 5.75 Å². The third-order valence-corrected chi connectivity index (χ3v) is 6.64. The molecule has 3 aromatic carbocycles. The van der Waals surface area contributed by atoms with Gasteiger partial charge in [-0.1, -0.05) is 53.5 Å². The summed E-state index contributed by atoms with van der Waals surface area (Å²) in [6.07, 6.45) is 1.40. The molecule has 0 saturated carbocycles. The van der Waals surface area contributed by atoms with Crippen molar-refractivity contribution < 1.29 is 17.9 Å². The zero-order valence-electron chi connectivity index (χ0n) is 16.9. The number of para-hydroxylation sites is 1. The second-order valence-electron chi connectivity index (χ2n) is 6.46. The van der Waals surface area contributed by atoms with E-state index in [1.54, 1.807) is 42.5 Å². The molecule has 7 nitrogen and oxygen atoms in total. The number of methoxy groups -OCH3 is 1. The van der Waals surface area contributed by atoms with Crippen molar-refractivity contribution in [2.75, 3.05) is 18.0 Å². The van der Waals surface area contributed by atoms with Gasteiger partial charge in [-0.05, 0) is 42.5 Å². The second kappa shape index (κ2) is 10.5. The van der Waals surface area contributed by atoms with E-state index in [0.29, 0.717) is 16.3 Å². The van der Waals surface area contributed by atoms with E-state index in [-0.39, 0.29) is 15.6 Å². The van der Waals surface area contributed by atoms with Crippen molar-refractivity contribution in [3.63, 3.8) is 0 Å². The highest BCUT2D eigenvalue weighted by molar-refractivity contribution is 7.92. The minimum absolute atomic E-state index is 0.0105. The van der Waals surface area contributed by atoms with Gasteiger partial charge in [0.25, 0.3) is 15.9 Å². The molecule has 3 aromatic rings. The van der Waals surface area contributed by atoms with Crippen LogP contribution in [0, 0.1) is 0 Å². The number of carbonyl (C=O) groups excluding carboxylic acids is 1. The number of hydrogen-bond donors (Lipinski definition) is 1. The summed E-state index contributed by atoms with van der Waals surface area (Å²) in [5.41, 5.74) is 3.09. The lowest BCUT2D eigenvalue weighted by Gasteiger charge is -2.24. The van der Waals surface area contributed by atoms with Crippen molar-refractivity contribution >= 4 is 51.0 Å². The number of sulfonamides is 1. The molecule has 32 heavy (non-hydrogen) atoms. The Labute approximate surface area is 196 Å². The fraction of sp³-hybridized carbons (Fsp3) is 0.0909. The number of hydrazone groups is 1. The van der Waals surface area contributed by atoms with Crippen LogP contribution in [-0.2, 0) is 14.8 Å². The lowest BCUT2D eigenvalue weighted by Crippen LogP contribution is -2.39. The number of rotatable bonds is 8. The van der Waals surface area contributed by atoms with Crippen LogP contribution in [0.5, 0.6) is 5.75 Å². The van der Waals surface area contributed by atoms with Crippen LogP contribution < -0.4 is 14.5 Å². The van der Waals surface area contributed by atoms with Crippen molar-refractivity contribution in [2.45, 2.75) is 4.90 Å². The number of amides is 1. The number of nitrogens with one attached hydrogen (secondary N) is 1. The molecule has 0 atom stereocenters. The second-order valence-corrected chi connectivity index (χ2v) is 9.16. The SMILES string of the molecule is COc1ccccc1/C=N\NC(=O)CN(c1ccc(Cl)cc1Cl)S(=O)(=O)c1ccccc1. The molecule has 0 aliphatic heterocycles. The smallest absolute Gasteiger partial charge is 0.264 e. The van der Waals surface area contributed by atoms with Gasteiger partial charge >= 0.3 is 0 Å². The first kappa shape index (κ1) is 23.6. The molecule has 166 valence electrons. The van der Waals surface area contributed by atoms with Crippen LogP contribution in [0.15, 0.2) is 82.8 Å². The van der Waals surface area contributed by atoms with Gasteiger partial charge in [-0.2, -0.15) is 5.10 Å². The summed E-state index contributed by atoms with van der Waals surface area (Å²) in [5.74, 6) is -0.0894. The highest BCUT2D eigenvalue weighted by atomic mass is 35.5. The van der Waals surface area contributed by atoms with E-state index in [9.17, 15) is 13.2 Å². The molecule has 0 unspecified atom stereocenters. The Morgan fingerprint density at radius 2 is 1.75 bits per heavy atom. The highest BCUT2D eigenvalue weighted by Gasteiger charge is 2.28. The molecular formula is C22H19Cl2N3O4S. The first-order valence-corrected chi connectivity index (χ1v) is 11.5. The van der Waals surface area contributed by atoms with Gasteiger partial charge in [0, 0.05) is 10.6 Å². The lowest BCUT2D eigenvalue weighted by atomic mass is 10.2. The molecule has 1 N–H and O–H groups in total. The first-order chi connectivity index (χ1) is 15.3. The van der Waals surface area contributed by atoms with Gasteiger partial charge in [-0.3, -0.25) is 9.10 Å². The topological polar surface area (TPSA) is 88.1 Å². The Balaban J connectivity index is 1.87. The molecule has 0 radical (unpaired) electrons. The number of nitrogens with zero attached hydrogens (tertiary/aromatic N) is 2. The summed E-state index contributed by atoms with van der Waals surface area (Å²) in [6, 6.07) is 19.2. The number of benzene rings is 3. The predicted molar refractivity (Wildman–Crippen MR) is 126 cm³/mol. The van der Waals surface area contributed by atoms with Crippen molar-refractivity contribution in [1.29, 1.82) is 0 Å². The Morgan fingerprint density at radius 3 is 2.44 bits per heavy atom. The van der Waals surface area contributed by atoms with Crippen LogP contribution in [-0.4, -0.2) is 34.2 Å². The number of halogens is 2. The Morgan fingerprint density at radius 1 is 1.06 bits per heavy atom. The maximum absolute atomic E-state index is 13.3. The average molecular weight is 492 g/mol. The highest BCUT2D eigenvalue weighted by Crippen LogP contribution is 2.32. The number of carbonyl (C=O) groups is 1. The Kier molecular flexibility index (Phi) is 7.74. The average Bonchev–Trinajstić information content (AvgIpc) is 2.79. The van der Waals surface area contributed by atoms with Crippen molar-refractivity contribution in [3.05, 3.63) is 88.4 Å². The summed E-state index contributed by atoms with van der Waals surface area (Å²) < 4.78 is 32.7. The van der Waals surface area contributed by atoms with E-state index in [1.165, 1.54) is 43.7 Å². The molecule has 10 heteroatoms. The Bertz CT molecular complexity index is 1230. The zero-order valence-corrected chi connectivity index (χ0v) is 19.2. The van der Waals surface area contributed by atoms with Crippen molar-refractivity contribution in [2.24, 2.45) is 5.10 Å². The number of ether oxygens (including phenoxy) is 1. The first-order valence-electron chi connectivity index (χ1n) is 9.30. The Hall–Kier alpha value is -3.07. The molecule has 0 aliphatic carbocycles. The molecule has 0 saturated heterocycles. The maximum Gasteiger partial charge on any atom is 0.264 e.